The van der Waals surface area contributed by atoms with Crippen molar-refractivity contribution in [3.05, 3.63) is 65.2 Å². The molecule has 1 atom stereocenters. The zero-order valence-corrected chi connectivity index (χ0v) is 20.0. The average Bonchev–Trinajstić information content (AvgIpc) is 2.66. The molecule has 1 aliphatic rings. The van der Waals surface area contributed by atoms with E-state index in [1.807, 2.05) is 24.3 Å². The van der Waals surface area contributed by atoms with Crippen molar-refractivity contribution >= 4 is 29.9 Å². The summed E-state index contributed by atoms with van der Waals surface area (Å²) in [7, 11) is 1.72. The van der Waals surface area contributed by atoms with Crippen molar-refractivity contribution in [2.75, 3.05) is 13.7 Å². The van der Waals surface area contributed by atoms with E-state index >= 15 is 0 Å². The highest BCUT2D eigenvalue weighted by Gasteiger charge is 2.33. The molecule has 2 N–H and O–H groups in total. The highest BCUT2D eigenvalue weighted by atomic mass is 127. The highest BCUT2D eigenvalue weighted by molar-refractivity contribution is 14.0. The minimum atomic E-state index is -0.228. The Morgan fingerprint density at radius 1 is 1.14 bits per heavy atom. The minimum absolute atomic E-state index is 0. The summed E-state index contributed by atoms with van der Waals surface area (Å²) in [5.41, 5.74) is 3.29. The van der Waals surface area contributed by atoms with Gasteiger partial charge >= 0.3 is 0 Å². The molecule has 5 nitrogen and oxygen atoms in total. The molecule has 0 bridgehead atoms. The largest absolute Gasteiger partial charge is 0.487 e. The third-order valence-corrected chi connectivity index (χ3v) is 4.86. The first-order chi connectivity index (χ1) is 13.5. The standard InChI is InChI=1S/C23H31N3O2.HI/c1-5-24-22(25-15-17-10-6-7-11-18(17)16-27-4)26-20-14-23(2,3)28-21-13-9-8-12-19(20)21;/h6-13,20H,5,14-16H2,1-4H3,(H2,24,25,26);1H. The molecule has 1 unspecified atom stereocenters. The van der Waals surface area contributed by atoms with Crippen molar-refractivity contribution < 1.29 is 9.47 Å². The Morgan fingerprint density at radius 2 is 1.83 bits per heavy atom. The van der Waals surface area contributed by atoms with E-state index in [0.717, 1.165) is 24.7 Å². The van der Waals surface area contributed by atoms with Gasteiger partial charge in [-0.1, -0.05) is 42.5 Å². The van der Waals surface area contributed by atoms with Crippen LogP contribution in [-0.4, -0.2) is 25.2 Å². The Hall–Kier alpha value is -1.80. The second kappa shape index (κ2) is 10.8. The number of benzene rings is 2. The van der Waals surface area contributed by atoms with Gasteiger partial charge in [0.1, 0.15) is 11.4 Å². The zero-order chi connectivity index (χ0) is 20.0. The highest BCUT2D eigenvalue weighted by Crippen LogP contribution is 2.39. The molecule has 1 aliphatic heterocycles. The molecule has 0 aromatic heterocycles. The van der Waals surface area contributed by atoms with Crippen LogP contribution in [0.15, 0.2) is 53.5 Å². The van der Waals surface area contributed by atoms with Crippen LogP contribution in [0.2, 0.25) is 0 Å². The number of nitrogens with zero attached hydrogens (tertiary/aromatic N) is 1. The van der Waals surface area contributed by atoms with Crippen LogP contribution in [0.25, 0.3) is 0 Å². The van der Waals surface area contributed by atoms with Gasteiger partial charge in [-0.05, 0) is 38.0 Å². The van der Waals surface area contributed by atoms with Crippen LogP contribution in [0.3, 0.4) is 0 Å². The molecule has 0 saturated carbocycles. The molecule has 0 spiro atoms. The number of nitrogens with one attached hydrogen (secondary N) is 2. The van der Waals surface area contributed by atoms with Gasteiger partial charge < -0.3 is 20.1 Å². The third kappa shape index (κ3) is 6.34. The molecular formula is C23H32IN3O2. The van der Waals surface area contributed by atoms with Crippen LogP contribution in [0, 0.1) is 0 Å². The minimum Gasteiger partial charge on any atom is -0.487 e. The summed E-state index contributed by atoms with van der Waals surface area (Å²) in [6, 6.07) is 16.7. The van der Waals surface area contributed by atoms with Crippen molar-refractivity contribution in [1.29, 1.82) is 0 Å². The van der Waals surface area contributed by atoms with Crippen LogP contribution < -0.4 is 15.4 Å². The SMILES string of the molecule is CCNC(=NCc1ccccc1COC)NC1CC(C)(C)Oc2ccccc21.I. The number of hydrogen-bond acceptors (Lipinski definition) is 3. The maximum atomic E-state index is 6.15. The summed E-state index contributed by atoms with van der Waals surface area (Å²) in [5, 5.41) is 6.99. The van der Waals surface area contributed by atoms with E-state index in [1.54, 1.807) is 7.11 Å². The number of ether oxygens (including phenoxy) is 2. The Kier molecular flexibility index (Phi) is 8.77. The summed E-state index contributed by atoms with van der Waals surface area (Å²) < 4.78 is 11.5. The number of para-hydroxylation sites is 1. The lowest BCUT2D eigenvalue weighted by molar-refractivity contribution is 0.0694. The molecule has 1 heterocycles. The van der Waals surface area contributed by atoms with Gasteiger partial charge in [-0.2, -0.15) is 0 Å². The first-order valence-corrected chi connectivity index (χ1v) is 9.91. The maximum absolute atomic E-state index is 6.15. The van der Waals surface area contributed by atoms with E-state index in [-0.39, 0.29) is 35.6 Å². The van der Waals surface area contributed by atoms with Gasteiger partial charge in [0.05, 0.1) is 19.2 Å². The smallest absolute Gasteiger partial charge is 0.192 e. The molecule has 0 radical (unpaired) electrons. The van der Waals surface area contributed by atoms with E-state index in [2.05, 4.69) is 55.7 Å². The maximum Gasteiger partial charge on any atom is 0.192 e. The topological polar surface area (TPSA) is 54.9 Å². The van der Waals surface area contributed by atoms with E-state index < -0.39 is 0 Å². The fourth-order valence-electron chi connectivity index (χ4n) is 3.59. The summed E-state index contributed by atoms with van der Waals surface area (Å²) in [4.78, 5) is 4.84. The molecule has 2 aromatic rings. The fraction of sp³-hybridized carbons (Fsp3) is 0.435. The van der Waals surface area contributed by atoms with E-state index in [1.165, 1.54) is 16.7 Å². The van der Waals surface area contributed by atoms with Crippen LogP contribution >= 0.6 is 24.0 Å². The van der Waals surface area contributed by atoms with Gasteiger partial charge in [0.2, 0.25) is 0 Å². The lowest BCUT2D eigenvalue weighted by Gasteiger charge is -2.38. The number of hydrogen-bond donors (Lipinski definition) is 2. The average molecular weight is 509 g/mol. The molecule has 158 valence electrons. The van der Waals surface area contributed by atoms with Crippen LogP contribution in [0.4, 0.5) is 0 Å². The number of fused-ring (bicyclic) bond motifs is 1. The van der Waals surface area contributed by atoms with Gasteiger partial charge in [0, 0.05) is 25.6 Å². The van der Waals surface area contributed by atoms with Crippen molar-refractivity contribution in [2.45, 2.75) is 52.0 Å². The summed E-state index contributed by atoms with van der Waals surface area (Å²) in [5.74, 6) is 1.75. The summed E-state index contributed by atoms with van der Waals surface area (Å²) >= 11 is 0. The normalized spacial score (nSPS) is 17.5. The van der Waals surface area contributed by atoms with Gasteiger partial charge in [-0.15, -0.1) is 24.0 Å². The van der Waals surface area contributed by atoms with Gasteiger partial charge in [0.25, 0.3) is 0 Å². The molecular weight excluding hydrogens is 477 g/mol. The quantitative estimate of drug-likeness (QED) is 0.334. The molecule has 29 heavy (non-hydrogen) atoms. The predicted octanol–water partition coefficient (Wildman–Crippen LogP) is 4.81. The number of guanidine groups is 1. The Morgan fingerprint density at radius 3 is 2.55 bits per heavy atom. The predicted molar refractivity (Wildman–Crippen MR) is 129 cm³/mol. The number of rotatable bonds is 6. The lowest BCUT2D eigenvalue weighted by atomic mass is 9.90. The number of methoxy groups -OCH3 is 1. The van der Waals surface area contributed by atoms with Crippen LogP contribution in [0.5, 0.6) is 5.75 Å². The second-order valence-corrected chi connectivity index (χ2v) is 7.70. The first-order valence-electron chi connectivity index (χ1n) is 9.91. The molecule has 0 fully saturated rings. The monoisotopic (exact) mass is 509 g/mol. The molecule has 0 saturated heterocycles. The van der Waals surface area contributed by atoms with Gasteiger partial charge in [-0.3, -0.25) is 0 Å². The van der Waals surface area contributed by atoms with E-state index in [0.29, 0.717) is 13.2 Å². The van der Waals surface area contributed by atoms with Crippen molar-refractivity contribution in [3.63, 3.8) is 0 Å². The lowest BCUT2D eigenvalue weighted by Crippen LogP contribution is -2.45. The molecule has 0 amide bonds. The Balaban J connectivity index is 0.00000300. The third-order valence-electron chi connectivity index (χ3n) is 4.86. The zero-order valence-electron chi connectivity index (χ0n) is 17.7. The molecule has 0 aliphatic carbocycles. The van der Waals surface area contributed by atoms with E-state index in [4.69, 9.17) is 14.5 Å². The van der Waals surface area contributed by atoms with Gasteiger partial charge in [0.15, 0.2) is 5.96 Å². The molecule has 3 rings (SSSR count). The number of aliphatic imine (C=N–C) groups is 1. The van der Waals surface area contributed by atoms with Crippen molar-refractivity contribution in [2.24, 2.45) is 4.99 Å². The fourth-order valence-corrected chi connectivity index (χ4v) is 3.59. The van der Waals surface area contributed by atoms with Gasteiger partial charge in [-0.25, -0.2) is 4.99 Å². The number of halogens is 1. The second-order valence-electron chi connectivity index (χ2n) is 7.70. The Labute approximate surface area is 191 Å². The molecule has 2 aromatic carbocycles. The van der Waals surface area contributed by atoms with E-state index in [9.17, 15) is 0 Å². The van der Waals surface area contributed by atoms with Crippen molar-refractivity contribution in [3.8, 4) is 5.75 Å². The summed E-state index contributed by atoms with van der Waals surface area (Å²) in [6.07, 6.45) is 0.870. The van der Waals surface area contributed by atoms with Crippen LogP contribution in [0.1, 0.15) is 49.9 Å². The van der Waals surface area contributed by atoms with Crippen molar-refractivity contribution in [1.82, 2.24) is 10.6 Å². The molecule has 6 heteroatoms. The first kappa shape index (κ1) is 23.5. The Bertz CT molecular complexity index is 823. The summed E-state index contributed by atoms with van der Waals surface area (Å²) in [6.45, 7) is 8.34. The van der Waals surface area contributed by atoms with Crippen LogP contribution in [-0.2, 0) is 17.9 Å².